The van der Waals surface area contributed by atoms with Crippen molar-refractivity contribution < 1.29 is 28.9 Å². The number of amides is 1. The molecule has 0 aliphatic carbocycles. The smallest absolute Gasteiger partial charge is 0.337 e. The lowest BCUT2D eigenvalue weighted by atomic mass is 10.1. The Morgan fingerprint density at radius 1 is 1.18 bits per heavy atom. The van der Waals surface area contributed by atoms with Crippen molar-refractivity contribution in [2.45, 2.75) is 38.0 Å². The molecule has 1 heterocycles. The number of hydrogen-bond acceptors (Lipinski definition) is 7. The number of carbonyl (C=O) groups excluding carboxylic acids is 2. The second kappa shape index (κ2) is 12.2. The van der Waals surface area contributed by atoms with E-state index in [-0.39, 0.29) is 31.1 Å². The molecule has 0 spiro atoms. The summed E-state index contributed by atoms with van der Waals surface area (Å²) in [6.07, 6.45) is 1.32. The van der Waals surface area contributed by atoms with Crippen LogP contribution in [0.4, 0.5) is 0 Å². The Morgan fingerprint density at radius 3 is 2.67 bits per heavy atom. The number of ether oxygens (including phenoxy) is 3. The summed E-state index contributed by atoms with van der Waals surface area (Å²) in [7, 11) is 2.95. The van der Waals surface area contributed by atoms with Crippen LogP contribution in [-0.2, 0) is 16.1 Å². The van der Waals surface area contributed by atoms with E-state index in [9.17, 15) is 14.7 Å². The first kappa shape index (κ1) is 24.5. The summed E-state index contributed by atoms with van der Waals surface area (Å²) in [6.45, 7) is 1.76. The minimum absolute atomic E-state index is 0.0684. The van der Waals surface area contributed by atoms with Crippen LogP contribution in [0.5, 0.6) is 11.5 Å². The lowest BCUT2D eigenvalue weighted by molar-refractivity contribution is -0.130. The maximum absolute atomic E-state index is 12.3. The Balaban J connectivity index is 1.41. The highest BCUT2D eigenvalue weighted by atomic mass is 16.5. The van der Waals surface area contributed by atoms with E-state index >= 15 is 0 Å². The number of hydrogen-bond donors (Lipinski definition) is 2. The van der Waals surface area contributed by atoms with Crippen molar-refractivity contribution in [2.75, 3.05) is 33.9 Å². The van der Waals surface area contributed by atoms with Crippen molar-refractivity contribution in [1.29, 1.82) is 0 Å². The van der Waals surface area contributed by atoms with E-state index in [1.54, 1.807) is 36.3 Å². The molecule has 178 valence electrons. The molecule has 1 amide bonds. The quantitative estimate of drug-likeness (QED) is 0.374. The topological polar surface area (TPSA) is 97.3 Å². The Kier molecular flexibility index (Phi) is 9.09. The monoisotopic (exact) mass is 456 g/mol. The molecular formula is C25H32N2O6. The zero-order valence-electron chi connectivity index (χ0n) is 19.2. The third kappa shape index (κ3) is 7.20. The summed E-state index contributed by atoms with van der Waals surface area (Å²) in [5.74, 6) is 1.01. The van der Waals surface area contributed by atoms with Gasteiger partial charge in [-0.15, -0.1) is 0 Å². The third-order valence-corrected chi connectivity index (χ3v) is 5.70. The second-order valence-electron chi connectivity index (χ2n) is 8.04. The number of methoxy groups -OCH3 is 2. The SMILES string of the molecule is COC(=O)c1ccc(CNCCC2CCC(=O)N2CC(O)COc2cccc(OC)c2)cc1. The van der Waals surface area contributed by atoms with Crippen LogP contribution in [0, 0.1) is 0 Å². The summed E-state index contributed by atoms with van der Waals surface area (Å²) in [5.41, 5.74) is 1.59. The van der Waals surface area contributed by atoms with Crippen LogP contribution >= 0.6 is 0 Å². The zero-order valence-corrected chi connectivity index (χ0v) is 19.2. The lowest BCUT2D eigenvalue weighted by Crippen LogP contribution is -2.42. The van der Waals surface area contributed by atoms with Crippen LogP contribution in [-0.4, -0.2) is 67.9 Å². The molecule has 8 heteroatoms. The van der Waals surface area contributed by atoms with Crippen LogP contribution in [0.15, 0.2) is 48.5 Å². The molecule has 2 atom stereocenters. The molecule has 0 bridgehead atoms. The van der Waals surface area contributed by atoms with Crippen LogP contribution in [0.25, 0.3) is 0 Å². The Hall–Kier alpha value is -3.10. The molecule has 8 nitrogen and oxygen atoms in total. The molecule has 0 aromatic heterocycles. The molecule has 1 aliphatic rings. The standard InChI is InChI=1S/C25H32N2O6/c1-31-22-4-3-5-23(14-22)33-17-21(28)16-27-20(10-11-24(27)29)12-13-26-15-18-6-8-19(9-7-18)25(30)32-2/h3-9,14,20-21,26,28H,10-13,15-17H2,1-2H3. The highest BCUT2D eigenvalue weighted by Crippen LogP contribution is 2.22. The average Bonchev–Trinajstić information content (AvgIpc) is 3.19. The number of rotatable bonds is 12. The molecule has 0 radical (unpaired) electrons. The van der Waals surface area contributed by atoms with E-state index in [2.05, 4.69) is 5.32 Å². The van der Waals surface area contributed by atoms with E-state index in [1.807, 2.05) is 24.3 Å². The van der Waals surface area contributed by atoms with Gasteiger partial charge >= 0.3 is 5.97 Å². The second-order valence-corrected chi connectivity index (χ2v) is 8.04. The third-order valence-electron chi connectivity index (χ3n) is 5.70. The van der Waals surface area contributed by atoms with Gasteiger partial charge in [-0.1, -0.05) is 18.2 Å². The summed E-state index contributed by atoms with van der Waals surface area (Å²) in [4.78, 5) is 25.6. The van der Waals surface area contributed by atoms with Crippen molar-refractivity contribution in [1.82, 2.24) is 10.2 Å². The molecule has 1 fully saturated rings. The highest BCUT2D eigenvalue weighted by molar-refractivity contribution is 5.89. The average molecular weight is 457 g/mol. The van der Waals surface area contributed by atoms with Crippen molar-refractivity contribution in [3.63, 3.8) is 0 Å². The number of benzene rings is 2. The number of carbonyl (C=O) groups is 2. The first-order valence-corrected chi connectivity index (χ1v) is 11.1. The van der Waals surface area contributed by atoms with Gasteiger partial charge in [-0.3, -0.25) is 4.79 Å². The molecule has 2 unspecified atom stereocenters. The van der Waals surface area contributed by atoms with Crippen LogP contribution < -0.4 is 14.8 Å². The first-order valence-electron chi connectivity index (χ1n) is 11.1. The maximum atomic E-state index is 12.3. The van der Waals surface area contributed by atoms with Crippen molar-refractivity contribution >= 4 is 11.9 Å². The normalized spacial score (nSPS) is 16.5. The fraction of sp³-hybridized carbons (Fsp3) is 0.440. The minimum atomic E-state index is -0.776. The Labute approximate surface area is 194 Å². The van der Waals surface area contributed by atoms with Gasteiger partial charge in [-0.2, -0.15) is 0 Å². The minimum Gasteiger partial charge on any atom is -0.497 e. The fourth-order valence-electron chi connectivity index (χ4n) is 3.89. The molecule has 2 aromatic carbocycles. The number of β-amino-alcohol motifs (C(OH)–C–C–N with tert-alkyl or cyclic N) is 1. The van der Waals surface area contributed by atoms with Crippen molar-refractivity contribution in [3.8, 4) is 11.5 Å². The fourth-order valence-corrected chi connectivity index (χ4v) is 3.89. The highest BCUT2D eigenvalue weighted by Gasteiger charge is 2.31. The van der Waals surface area contributed by atoms with Crippen LogP contribution in [0.1, 0.15) is 35.2 Å². The zero-order chi connectivity index (χ0) is 23.6. The van der Waals surface area contributed by atoms with Gasteiger partial charge in [0.1, 0.15) is 24.2 Å². The maximum Gasteiger partial charge on any atom is 0.337 e. The number of aliphatic hydroxyl groups excluding tert-OH is 1. The molecule has 3 rings (SSSR count). The number of esters is 1. The summed E-state index contributed by atoms with van der Waals surface area (Å²) in [6, 6.07) is 14.6. The van der Waals surface area contributed by atoms with Gasteiger partial charge in [0.25, 0.3) is 0 Å². The van der Waals surface area contributed by atoms with Crippen LogP contribution in [0.3, 0.4) is 0 Å². The predicted octanol–water partition coefficient (Wildman–Crippen LogP) is 2.39. The summed E-state index contributed by atoms with van der Waals surface area (Å²) < 4.78 is 15.5. The van der Waals surface area contributed by atoms with E-state index in [1.165, 1.54) is 7.11 Å². The number of likely N-dealkylation sites (tertiary alicyclic amines) is 1. The Morgan fingerprint density at radius 2 is 1.94 bits per heavy atom. The van der Waals surface area contributed by atoms with Gasteiger partial charge in [0, 0.05) is 25.1 Å². The van der Waals surface area contributed by atoms with Crippen molar-refractivity contribution in [2.24, 2.45) is 0 Å². The molecule has 2 aromatic rings. The molecule has 1 saturated heterocycles. The number of aliphatic hydroxyl groups is 1. The van der Waals surface area contributed by atoms with E-state index < -0.39 is 6.10 Å². The first-order chi connectivity index (χ1) is 16.0. The van der Waals surface area contributed by atoms with Gasteiger partial charge in [0.05, 0.1) is 26.3 Å². The summed E-state index contributed by atoms with van der Waals surface area (Å²) >= 11 is 0. The van der Waals surface area contributed by atoms with Gasteiger partial charge < -0.3 is 29.5 Å². The lowest BCUT2D eigenvalue weighted by Gasteiger charge is -2.27. The largest absolute Gasteiger partial charge is 0.497 e. The van der Waals surface area contributed by atoms with Crippen molar-refractivity contribution in [3.05, 3.63) is 59.7 Å². The van der Waals surface area contributed by atoms with Crippen LogP contribution in [0.2, 0.25) is 0 Å². The molecule has 33 heavy (non-hydrogen) atoms. The molecule has 1 aliphatic heterocycles. The van der Waals surface area contributed by atoms with E-state index in [0.29, 0.717) is 30.0 Å². The number of nitrogens with one attached hydrogen (secondary N) is 1. The van der Waals surface area contributed by atoms with Gasteiger partial charge in [0.2, 0.25) is 5.91 Å². The Bertz CT molecular complexity index is 917. The van der Waals surface area contributed by atoms with Gasteiger partial charge in [-0.25, -0.2) is 4.79 Å². The summed E-state index contributed by atoms with van der Waals surface area (Å²) in [5, 5.41) is 13.8. The molecule has 0 saturated carbocycles. The molecular weight excluding hydrogens is 424 g/mol. The number of nitrogens with zero attached hydrogens (tertiary/aromatic N) is 1. The van der Waals surface area contributed by atoms with Gasteiger partial charge in [0.15, 0.2) is 0 Å². The van der Waals surface area contributed by atoms with E-state index in [0.717, 1.165) is 24.9 Å². The molecule has 2 N–H and O–H groups in total. The predicted molar refractivity (Wildman–Crippen MR) is 123 cm³/mol. The van der Waals surface area contributed by atoms with E-state index in [4.69, 9.17) is 14.2 Å². The van der Waals surface area contributed by atoms with Gasteiger partial charge in [-0.05, 0) is 49.2 Å².